The lowest BCUT2D eigenvalue weighted by molar-refractivity contribution is -0.144. The number of hydrogen-bond donors (Lipinski definition) is 1. The predicted molar refractivity (Wildman–Crippen MR) is 39.1 cm³/mol. The van der Waals surface area contributed by atoms with E-state index in [1.54, 1.807) is 13.8 Å². The van der Waals surface area contributed by atoms with Crippen LogP contribution >= 0.6 is 0 Å². The minimum absolute atomic E-state index is 0.707. The van der Waals surface area contributed by atoms with Gasteiger partial charge in [0, 0.05) is 6.42 Å². The SMILES string of the molecule is CC1(C)C(CC(F)(F)F)C1C(=O)O. The Morgan fingerprint density at radius 1 is 1.46 bits per heavy atom. The summed E-state index contributed by atoms with van der Waals surface area (Å²) < 4.78 is 35.8. The van der Waals surface area contributed by atoms with Crippen molar-refractivity contribution >= 4 is 5.97 Å². The van der Waals surface area contributed by atoms with Crippen molar-refractivity contribution in [3.05, 3.63) is 0 Å². The Hall–Kier alpha value is -0.740. The number of rotatable bonds is 2. The van der Waals surface area contributed by atoms with Crippen LogP contribution in [-0.2, 0) is 4.79 Å². The maximum absolute atomic E-state index is 11.9. The second-order valence-corrected chi connectivity index (χ2v) is 4.06. The van der Waals surface area contributed by atoms with Gasteiger partial charge in [-0.3, -0.25) is 4.79 Å². The van der Waals surface area contributed by atoms with Crippen LogP contribution in [0.1, 0.15) is 20.3 Å². The molecule has 0 aliphatic heterocycles. The average molecular weight is 196 g/mol. The topological polar surface area (TPSA) is 37.3 Å². The summed E-state index contributed by atoms with van der Waals surface area (Å²) in [6.45, 7) is 3.12. The van der Waals surface area contributed by atoms with Crippen molar-refractivity contribution in [1.82, 2.24) is 0 Å². The van der Waals surface area contributed by atoms with E-state index in [-0.39, 0.29) is 0 Å². The van der Waals surface area contributed by atoms with Gasteiger partial charge in [0.1, 0.15) is 0 Å². The normalized spacial score (nSPS) is 31.5. The molecule has 1 rings (SSSR count). The number of alkyl halides is 3. The molecule has 76 valence electrons. The van der Waals surface area contributed by atoms with E-state index in [1.807, 2.05) is 0 Å². The van der Waals surface area contributed by atoms with E-state index in [2.05, 4.69) is 0 Å². The molecule has 0 bridgehead atoms. The van der Waals surface area contributed by atoms with Crippen LogP contribution in [0.15, 0.2) is 0 Å². The Balaban J connectivity index is 2.61. The lowest BCUT2D eigenvalue weighted by Crippen LogP contribution is -2.10. The van der Waals surface area contributed by atoms with Crippen LogP contribution in [0.3, 0.4) is 0 Å². The first-order chi connectivity index (χ1) is 5.66. The standard InChI is InChI=1S/C8H11F3O2/c1-7(2)4(3-8(9,10)11)5(7)6(12)13/h4-5H,3H2,1-2H3,(H,12,13). The summed E-state index contributed by atoms with van der Waals surface area (Å²) in [4.78, 5) is 10.5. The van der Waals surface area contributed by atoms with Crippen LogP contribution in [-0.4, -0.2) is 17.3 Å². The molecule has 0 aromatic heterocycles. The van der Waals surface area contributed by atoms with Crippen molar-refractivity contribution < 1.29 is 23.1 Å². The van der Waals surface area contributed by atoms with Crippen LogP contribution < -0.4 is 0 Å². The van der Waals surface area contributed by atoms with E-state index in [9.17, 15) is 18.0 Å². The van der Waals surface area contributed by atoms with Gasteiger partial charge in [-0.15, -0.1) is 0 Å². The van der Waals surface area contributed by atoms with Gasteiger partial charge in [0.2, 0.25) is 0 Å². The second-order valence-electron chi connectivity index (χ2n) is 4.06. The van der Waals surface area contributed by atoms with Gasteiger partial charge in [0.05, 0.1) is 5.92 Å². The van der Waals surface area contributed by atoms with Crippen molar-refractivity contribution in [2.24, 2.45) is 17.3 Å². The fourth-order valence-corrected chi connectivity index (χ4v) is 1.86. The van der Waals surface area contributed by atoms with E-state index >= 15 is 0 Å². The molecule has 0 aromatic rings. The van der Waals surface area contributed by atoms with Crippen molar-refractivity contribution in [3.63, 3.8) is 0 Å². The number of aliphatic carboxylic acids is 1. The summed E-state index contributed by atoms with van der Waals surface area (Å²) >= 11 is 0. The minimum atomic E-state index is -4.26. The molecule has 2 atom stereocenters. The molecule has 2 nitrogen and oxygen atoms in total. The number of carbonyl (C=O) groups is 1. The third-order valence-corrected chi connectivity index (χ3v) is 2.77. The first-order valence-corrected chi connectivity index (χ1v) is 3.96. The van der Waals surface area contributed by atoms with Crippen LogP contribution in [0.2, 0.25) is 0 Å². The van der Waals surface area contributed by atoms with E-state index < -0.39 is 35.8 Å². The number of carboxylic acids is 1. The fourth-order valence-electron chi connectivity index (χ4n) is 1.86. The molecule has 5 heteroatoms. The molecule has 13 heavy (non-hydrogen) atoms. The van der Waals surface area contributed by atoms with Crippen LogP contribution in [0.4, 0.5) is 13.2 Å². The smallest absolute Gasteiger partial charge is 0.389 e. The molecule has 1 aliphatic rings. The highest BCUT2D eigenvalue weighted by Gasteiger charge is 2.64. The van der Waals surface area contributed by atoms with Crippen LogP contribution in [0.25, 0.3) is 0 Å². The van der Waals surface area contributed by atoms with Gasteiger partial charge in [-0.25, -0.2) is 0 Å². The Kier molecular flexibility index (Phi) is 2.09. The van der Waals surface area contributed by atoms with Crippen LogP contribution in [0.5, 0.6) is 0 Å². The Bertz CT molecular complexity index is 232. The number of hydrogen-bond acceptors (Lipinski definition) is 1. The quantitative estimate of drug-likeness (QED) is 0.735. The summed E-state index contributed by atoms with van der Waals surface area (Å²) in [6, 6.07) is 0. The summed E-state index contributed by atoms with van der Waals surface area (Å²) in [6.07, 6.45) is -5.25. The van der Waals surface area contributed by atoms with Gasteiger partial charge in [0.25, 0.3) is 0 Å². The molecular weight excluding hydrogens is 185 g/mol. The molecule has 2 unspecified atom stereocenters. The zero-order valence-corrected chi connectivity index (χ0v) is 7.35. The Morgan fingerprint density at radius 2 is 1.92 bits per heavy atom. The number of carboxylic acid groups (broad SMARTS) is 1. The van der Waals surface area contributed by atoms with Gasteiger partial charge >= 0.3 is 12.1 Å². The summed E-state index contributed by atoms with van der Waals surface area (Å²) in [5, 5.41) is 8.59. The maximum Gasteiger partial charge on any atom is 0.389 e. The molecule has 1 saturated carbocycles. The van der Waals surface area contributed by atoms with E-state index in [0.717, 1.165) is 0 Å². The average Bonchev–Trinajstić information content (AvgIpc) is 2.28. The molecular formula is C8H11F3O2. The molecule has 1 N–H and O–H groups in total. The molecule has 1 fully saturated rings. The van der Waals surface area contributed by atoms with Gasteiger partial charge < -0.3 is 5.11 Å². The largest absolute Gasteiger partial charge is 0.481 e. The summed E-state index contributed by atoms with van der Waals surface area (Å²) in [5.41, 5.74) is -0.707. The van der Waals surface area contributed by atoms with E-state index in [4.69, 9.17) is 5.11 Å². The number of halogens is 3. The third-order valence-electron chi connectivity index (χ3n) is 2.77. The molecule has 1 aliphatic carbocycles. The monoisotopic (exact) mass is 196 g/mol. The first-order valence-electron chi connectivity index (χ1n) is 3.96. The van der Waals surface area contributed by atoms with E-state index in [1.165, 1.54) is 0 Å². The fraction of sp³-hybridized carbons (Fsp3) is 0.875. The van der Waals surface area contributed by atoms with Crippen molar-refractivity contribution in [2.75, 3.05) is 0 Å². The Labute approximate surface area is 73.7 Å². The van der Waals surface area contributed by atoms with Gasteiger partial charge in [0.15, 0.2) is 0 Å². The highest BCUT2D eigenvalue weighted by molar-refractivity contribution is 5.75. The maximum atomic E-state index is 11.9. The van der Waals surface area contributed by atoms with Gasteiger partial charge in [-0.05, 0) is 11.3 Å². The zero-order valence-electron chi connectivity index (χ0n) is 7.35. The highest BCUT2D eigenvalue weighted by atomic mass is 19.4. The third kappa shape index (κ3) is 1.95. The van der Waals surface area contributed by atoms with E-state index in [0.29, 0.717) is 0 Å². The highest BCUT2D eigenvalue weighted by Crippen LogP contribution is 2.61. The molecule has 0 spiro atoms. The van der Waals surface area contributed by atoms with Gasteiger partial charge in [-0.2, -0.15) is 13.2 Å². The summed E-state index contributed by atoms with van der Waals surface area (Å²) in [7, 11) is 0. The lowest BCUT2D eigenvalue weighted by atomic mass is 10.1. The molecule has 0 aromatic carbocycles. The van der Waals surface area contributed by atoms with Crippen molar-refractivity contribution in [1.29, 1.82) is 0 Å². The minimum Gasteiger partial charge on any atom is -0.481 e. The second kappa shape index (κ2) is 2.62. The van der Waals surface area contributed by atoms with Crippen molar-refractivity contribution in [3.8, 4) is 0 Å². The molecule has 0 saturated heterocycles. The molecule has 0 heterocycles. The molecule has 0 radical (unpaired) electrons. The van der Waals surface area contributed by atoms with Gasteiger partial charge in [-0.1, -0.05) is 13.8 Å². The van der Waals surface area contributed by atoms with Crippen LogP contribution in [0, 0.1) is 17.3 Å². The predicted octanol–water partition coefficient (Wildman–Crippen LogP) is 2.30. The molecule has 0 amide bonds. The lowest BCUT2D eigenvalue weighted by Gasteiger charge is -2.05. The summed E-state index contributed by atoms with van der Waals surface area (Å²) in [5.74, 6) is -2.72. The zero-order chi connectivity index (χ0) is 10.4. The Morgan fingerprint density at radius 3 is 2.15 bits per heavy atom. The van der Waals surface area contributed by atoms with Crippen molar-refractivity contribution in [2.45, 2.75) is 26.4 Å². The first kappa shape index (κ1) is 10.3.